The quantitative estimate of drug-likeness (QED) is 0.715. The molecule has 0 radical (unpaired) electrons. The van der Waals surface area contributed by atoms with Gasteiger partial charge in [-0.05, 0) is 63.2 Å². The Hall–Kier alpha value is -1.06. The molecule has 2 saturated heterocycles. The minimum absolute atomic E-state index is 0.187. The molecule has 0 aromatic carbocycles. The highest BCUT2D eigenvalue weighted by Gasteiger charge is 2.42. The fourth-order valence-electron chi connectivity index (χ4n) is 4.65. The number of carbonyl (C=O) groups excluding carboxylic acids is 2. The Morgan fingerprint density at radius 1 is 1.08 bits per heavy atom. The van der Waals surface area contributed by atoms with Crippen LogP contribution in [0.3, 0.4) is 0 Å². The van der Waals surface area contributed by atoms with E-state index in [1.807, 2.05) is 0 Å². The van der Waals surface area contributed by atoms with Crippen LogP contribution < -0.4 is 5.32 Å². The van der Waals surface area contributed by atoms with E-state index in [0.717, 1.165) is 25.7 Å². The van der Waals surface area contributed by atoms with E-state index in [1.54, 1.807) is 0 Å². The van der Waals surface area contributed by atoms with Crippen molar-refractivity contribution in [2.75, 3.05) is 0 Å². The van der Waals surface area contributed by atoms with E-state index in [0.29, 0.717) is 48.6 Å². The second-order valence-electron chi connectivity index (χ2n) is 8.90. The molecule has 4 atom stereocenters. The van der Waals surface area contributed by atoms with Gasteiger partial charge in [-0.3, -0.25) is 9.59 Å². The maximum Gasteiger partial charge on any atom is 0.223 e. The van der Waals surface area contributed by atoms with Crippen LogP contribution in [-0.4, -0.2) is 34.8 Å². The average Bonchev–Trinajstić information content (AvgIpc) is 2.78. The second kappa shape index (κ2) is 9.05. The van der Waals surface area contributed by atoms with E-state index in [2.05, 4.69) is 44.8 Å². The van der Waals surface area contributed by atoms with Gasteiger partial charge in [0.1, 0.15) is 0 Å². The molecule has 0 aromatic rings. The third-order valence-electron chi connectivity index (χ3n) is 6.32. The molecule has 2 heterocycles. The second-order valence-corrected chi connectivity index (χ2v) is 8.90. The number of piperidine rings is 1. The molecule has 2 aliphatic rings. The van der Waals surface area contributed by atoms with Crippen LogP contribution in [0.15, 0.2) is 0 Å². The number of hydrogen-bond donors (Lipinski definition) is 1. The lowest BCUT2D eigenvalue weighted by Crippen LogP contribution is -2.47. The molecule has 2 bridgehead atoms. The Bertz CT molecular complexity index is 449. The summed E-state index contributed by atoms with van der Waals surface area (Å²) in [5, 5.41) is 3.20. The first-order valence-electron chi connectivity index (χ1n) is 10.4. The topological polar surface area (TPSA) is 49.4 Å². The molecule has 0 saturated carbocycles. The van der Waals surface area contributed by atoms with Crippen LogP contribution in [0.2, 0.25) is 0 Å². The average molecular weight is 351 g/mol. The summed E-state index contributed by atoms with van der Waals surface area (Å²) in [6.07, 6.45) is 7.88. The summed E-state index contributed by atoms with van der Waals surface area (Å²) in [5.41, 5.74) is 0. The van der Waals surface area contributed by atoms with Crippen molar-refractivity contribution in [1.82, 2.24) is 10.2 Å². The fraction of sp³-hybridized carbons (Fsp3) is 0.905. The van der Waals surface area contributed by atoms with Gasteiger partial charge in [0.05, 0.1) is 0 Å². The minimum atomic E-state index is 0.187. The first kappa shape index (κ1) is 20.3. The zero-order chi connectivity index (χ0) is 18.6. The molecule has 2 aliphatic heterocycles. The van der Waals surface area contributed by atoms with Gasteiger partial charge in [-0.15, -0.1) is 0 Å². The van der Waals surface area contributed by atoms with Crippen molar-refractivity contribution >= 4 is 11.8 Å². The summed E-state index contributed by atoms with van der Waals surface area (Å²) < 4.78 is 0. The van der Waals surface area contributed by atoms with Gasteiger partial charge in [0, 0.05) is 31.0 Å². The molecule has 4 unspecified atom stereocenters. The molecule has 25 heavy (non-hydrogen) atoms. The molecule has 2 rings (SSSR count). The van der Waals surface area contributed by atoms with Crippen molar-refractivity contribution in [3.63, 3.8) is 0 Å². The van der Waals surface area contributed by atoms with Crippen LogP contribution in [0.1, 0.15) is 86.0 Å². The van der Waals surface area contributed by atoms with Crippen molar-refractivity contribution in [1.29, 1.82) is 0 Å². The number of nitrogens with zero attached hydrogens (tertiary/aromatic N) is 1. The largest absolute Gasteiger partial charge is 0.354 e. The monoisotopic (exact) mass is 350 g/mol. The highest BCUT2D eigenvalue weighted by atomic mass is 16.2. The first-order chi connectivity index (χ1) is 11.8. The summed E-state index contributed by atoms with van der Waals surface area (Å²) in [4.78, 5) is 26.8. The van der Waals surface area contributed by atoms with Crippen LogP contribution in [0, 0.1) is 17.8 Å². The molecule has 0 spiro atoms. The van der Waals surface area contributed by atoms with Gasteiger partial charge in [0.15, 0.2) is 0 Å². The van der Waals surface area contributed by atoms with Gasteiger partial charge < -0.3 is 10.2 Å². The lowest BCUT2D eigenvalue weighted by Gasteiger charge is -2.40. The van der Waals surface area contributed by atoms with Gasteiger partial charge >= 0.3 is 0 Å². The first-order valence-corrected chi connectivity index (χ1v) is 10.4. The minimum Gasteiger partial charge on any atom is -0.354 e. The van der Waals surface area contributed by atoms with Gasteiger partial charge in [0.25, 0.3) is 0 Å². The van der Waals surface area contributed by atoms with Crippen LogP contribution >= 0.6 is 0 Å². The Balaban J connectivity index is 1.79. The van der Waals surface area contributed by atoms with Crippen molar-refractivity contribution in [3.8, 4) is 0 Å². The van der Waals surface area contributed by atoms with E-state index in [1.165, 1.54) is 12.8 Å². The van der Waals surface area contributed by atoms with Crippen LogP contribution in [0.25, 0.3) is 0 Å². The Labute approximate surface area is 154 Å². The van der Waals surface area contributed by atoms with E-state index in [-0.39, 0.29) is 11.9 Å². The van der Waals surface area contributed by atoms with E-state index in [4.69, 9.17) is 0 Å². The predicted molar refractivity (Wildman–Crippen MR) is 102 cm³/mol. The maximum atomic E-state index is 12.4. The van der Waals surface area contributed by atoms with Gasteiger partial charge in [0.2, 0.25) is 11.8 Å². The lowest BCUT2D eigenvalue weighted by molar-refractivity contribution is -0.136. The standard InChI is InChI=1S/C21H38N2O2/c1-6-7-21(25)23-18-8-9-19(23)13-17(12-18)11-16(5)22-20(24)10-15(4)14(2)3/h14-19H,6-13H2,1-5H3,(H,22,24). The van der Waals surface area contributed by atoms with Crippen molar-refractivity contribution < 1.29 is 9.59 Å². The molecule has 0 aliphatic carbocycles. The maximum absolute atomic E-state index is 12.4. The number of rotatable bonds is 8. The summed E-state index contributed by atoms with van der Waals surface area (Å²) >= 11 is 0. The molecule has 4 nitrogen and oxygen atoms in total. The molecule has 0 aromatic heterocycles. The van der Waals surface area contributed by atoms with Crippen LogP contribution in [0.5, 0.6) is 0 Å². The Morgan fingerprint density at radius 2 is 1.68 bits per heavy atom. The van der Waals surface area contributed by atoms with Crippen LogP contribution in [0.4, 0.5) is 0 Å². The number of nitrogens with one attached hydrogen (secondary N) is 1. The Kier molecular flexibility index (Phi) is 7.33. The van der Waals surface area contributed by atoms with Crippen molar-refractivity contribution in [2.45, 2.75) is 104 Å². The molecular weight excluding hydrogens is 312 g/mol. The van der Waals surface area contributed by atoms with Crippen molar-refractivity contribution in [2.24, 2.45) is 17.8 Å². The summed E-state index contributed by atoms with van der Waals surface area (Å²) in [5.74, 6) is 2.16. The smallest absolute Gasteiger partial charge is 0.223 e. The predicted octanol–water partition coefficient (Wildman–Crippen LogP) is 4.13. The molecule has 1 N–H and O–H groups in total. The molecule has 144 valence electrons. The normalized spacial score (nSPS) is 28.1. The summed E-state index contributed by atoms with van der Waals surface area (Å²) in [6.45, 7) is 10.7. The van der Waals surface area contributed by atoms with Gasteiger partial charge in [-0.1, -0.05) is 27.7 Å². The molecule has 2 fully saturated rings. The van der Waals surface area contributed by atoms with Crippen molar-refractivity contribution in [3.05, 3.63) is 0 Å². The molecule has 2 amide bonds. The molecule has 4 heteroatoms. The highest BCUT2D eigenvalue weighted by molar-refractivity contribution is 5.77. The number of fused-ring (bicyclic) bond motifs is 2. The van der Waals surface area contributed by atoms with Crippen LogP contribution in [-0.2, 0) is 9.59 Å². The SMILES string of the molecule is CCCC(=O)N1C2CCC1CC(CC(C)NC(=O)CC(C)C(C)C)C2. The zero-order valence-electron chi connectivity index (χ0n) is 16.9. The number of carbonyl (C=O) groups is 2. The summed E-state index contributed by atoms with van der Waals surface area (Å²) in [6, 6.07) is 1.13. The van der Waals surface area contributed by atoms with Gasteiger partial charge in [-0.25, -0.2) is 0 Å². The molecular formula is C21H38N2O2. The van der Waals surface area contributed by atoms with E-state index in [9.17, 15) is 9.59 Å². The van der Waals surface area contributed by atoms with Gasteiger partial charge in [-0.2, -0.15) is 0 Å². The lowest BCUT2D eigenvalue weighted by atomic mass is 9.85. The number of amides is 2. The fourth-order valence-corrected chi connectivity index (χ4v) is 4.65. The highest BCUT2D eigenvalue weighted by Crippen LogP contribution is 2.40. The van der Waals surface area contributed by atoms with E-state index < -0.39 is 0 Å². The van der Waals surface area contributed by atoms with E-state index >= 15 is 0 Å². The third kappa shape index (κ3) is 5.46. The zero-order valence-corrected chi connectivity index (χ0v) is 16.9. The summed E-state index contributed by atoms with van der Waals surface area (Å²) in [7, 11) is 0. The third-order valence-corrected chi connectivity index (χ3v) is 6.32. The number of hydrogen-bond acceptors (Lipinski definition) is 2. The Morgan fingerprint density at radius 3 is 2.20 bits per heavy atom.